The lowest BCUT2D eigenvalue weighted by atomic mass is 10.0. The first-order chi connectivity index (χ1) is 8.21. The molecule has 1 fully saturated rings. The normalized spacial score (nSPS) is 16.6. The third-order valence-electron chi connectivity index (χ3n) is 3.51. The zero-order valence-corrected chi connectivity index (χ0v) is 10.9. The largest absolute Gasteiger partial charge is 0.351 e. The molecule has 1 saturated carbocycles. The average Bonchev–Trinajstić information content (AvgIpc) is 3.16. The van der Waals surface area contributed by atoms with Crippen LogP contribution >= 0.6 is 11.6 Å². The molecule has 92 valence electrons. The molecule has 1 aromatic rings. The van der Waals surface area contributed by atoms with Gasteiger partial charge >= 0.3 is 0 Å². The summed E-state index contributed by atoms with van der Waals surface area (Å²) in [6.45, 7) is 2.76. The minimum absolute atomic E-state index is 0.0267. The minimum Gasteiger partial charge on any atom is -0.351 e. The van der Waals surface area contributed by atoms with Crippen molar-refractivity contribution in [3.63, 3.8) is 0 Å². The number of benzene rings is 1. The van der Waals surface area contributed by atoms with Crippen LogP contribution in [-0.4, -0.2) is 18.3 Å². The minimum atomic E-state index is 0.0267. The molecule has 0 aliphatic heterocycles. The maximum absolute atomic E-state index is 12.1. The van der Waals surface area contributed by atoms with Gasteiger partial charge in [0.05, 0.1) is 0 Å². The second-order valence-corrected chi connectivity index (χ2v) is 5.09. The predicted octanol–water partition coefficient (Wildman–Crippen LogP) is 3.00. The van der Waals surface area contributed by atoms with E-state index < -0.39 is 0 Å². The van der Waals surface area contributed by atoms with Crippen LogP contribution in [0, 0.1) is 5.41 Å². The van der Waals surface area contributed by atoms with E-state index in [-0.39, 0.29) is 11.3 Å². The Morgan fingerprint density at radius 1 is 1.41 bits per heavy atom. The van der Waals surface area contributed by atoms with Crippen molar-refractivity contribution >= 4 is 17.5 Å². The summed E-state index contributed by atoms with van der Waals surface area (Å²) in [5.41, 5.74) is 2.07. The Labute approximate surface area is 107 Å². The van der Waals surface area contributed by atoms with Crippen molar-refractivity contribution in [3.05, 3.63) is 35.4 Å². The number of amides is 1. The van der Waals surface area contributed by atoms with Gasteiger partial charge in [-0.2, -0.15) is 0 Å². The lowest BCUT2D eigenvalue weighted by Crippen LogP contribution is -2.31. The molecule has 3 heteroatoms. The molecule has 0 bridgehead atoms. The second kappa shape index (κ2) is 5.09. The average molecular weight is 252 g/mol. The van der Waals surface area contributed by atoms with E-state index in [4.69, 9.17) is 11.6 Å². The van der Waals surface area contributed by atoms with Gasteiger partial charge in [0, 0.05) is 23.4 Å². The smallest absolute Gasteiger partial charge is 0.251 e. The lowest BCUT2D eigenvalue weighted by Gasteiger charge is -2.13. The van der Waals surface area contributed by atoms with Crippen molar-refractivity contribution in [2.24, 2.45) is 5.41 Å². The second-order valence-electron chi connectivity index (χ2n) is 4.83. The third-order valence-corrected chi connectivity index (χ3v) is 4.07. The summed E-state index contributed by atoms with van der Waals surface area (Å²) in [6.07, 6.45) is 3.14. The molecular formula is C14H18ClNO. The molecule has 0 radical (unpaired) electrons. The standard InChI is InChI=1S/C14H18ClNO/c1-2-11-5-3-4-6-12(11)13(17)16-10-14(9-15)7-8-14/h3-6H,2,7-10H2,1H3,(H,16,17). The molecule has 0 heterocycles. The predicted molar refractivity (Wildman–Crippen MR) is 70.5 cm³/mol. The summed E-state index contributed by atoms with van der Waals surface area (Å²) < 4.78 is 0. The van der Waals surface area contributed by atoms with Crippen LogP contribution in [0.1, 0.15) is 35.7 Å². The van der Waals surface area contributed by atoms with Crippen LogP contribution in [0.25, 0.3) is 0 Å². The van der Waals surface area contributed by atoms with Crippen LogP contribution in [0.15, 0.2) is 24.3 Å². The molecule has 0 spiro atoms. The van der Waals surface area contributed by atoms with Gasteiger partial charge in [-0.05, 0) is 30.9 Å². The number of nitrogens with one attached hydrogen (secondary N) is 1. The molecule has 2 rings (SSSR count). The Hall–Kier alpha value is -1.02. The molecular weight excluding hydrogens is 234 g/mol. The monoisotopic (exact) mass is 251 g/mol. The summed E-state index contributed by atoms with van der Waals surface area (Å²) in [5, 5.41) is 3.00. The summed E-state index contributed by atoms with van der Waals surface area (Å²) >= 11 is 5.89. The summed E-state index contributed by atoms with van der Waals surface area (Å²) in [6, 6.07) is 7.76. The maximum atomic E-state index is 12.1. The van der Waals surface area contributed by atoms with Crippen LogP contribution in [0.3, 0.4) is 0 Å². The van der Waals surface area contributed by atoms with Gasteiger partial charge in [-0.3, -0.25) is 4.79 Å². The molecule has 1 amide bonds. The lowest BCUT2D eigenvalue weighted by molar-refractivity contribution is 0.0945. The van der Waals surface area contributed by atoms with E-state index in [2.05, 4.69) is 12.2 Å². The topological polar surface area (TPSA) is 29.1 Å². The van der Waals surface area contributed by atoms with Gasteiger partial charge < -0.3 is 5.32 Å². The number of aryl methyl sites for hydroxylation is 1. The Morgan fingerprint density at radius 2 is 2.12 bits per heavy atom. The Kier molecular flexibility index (Phi) is 3.72. The molecule has 0 unspecified atom stereocenters. The van der Waals surface area contributed by atoms with Gasteiger partial charge in [-0.1, -0.05) is 25.1 Å². The third kappa shape index (κ3) is 2.81. The van der Waals surface area contributed by atoms with E-state index in [1.807, 2.05) is 24.3 Å². The highest BCUT2D eigenvalue weighted by Gasteiger charge is 2.41. The first kappa shape index (κ1) is 12.4. The number of hydrogen-bond donors (Lipinski definition) is 1. The Balaban J connectivity index is 1.99. The van der Waals surface area contributed by atoms with Crippen LogP contribution in [0.5, 0.6) is 0 Å². The quantitative estimate of drug-likeness (QED) is 0.801. The highest BCUT2D eigenvalue weighted by atomic mass is 35.5. The molecule has 1 N–H and O–H groups in total. The Morgan fingerprint density at radius 3 is 2.71 bits per heavy atom. The summed E-state index contributed by atoms with van der Waals surface area (Å²) in [4.78, 5) is 12.1. The van der Waals surface area contributed by atoms with Gasteiger partial charge in [0.25, 0.3) is 5.91 Å². The fourth-order valence-corrected chi connectivity index (χ4v) is 2.31. The van der Waals surface area contributed by atoms with Gasteiger partial charge in [-0.15, -0.1) is 11.6 Å². The van der Waals surface area contributed by atoms with Gasteiger partial charge in [0.2, 0.25) is 0 Å². The molecule has 2 nitrogen and oxygen atoms in total. The van der Waals surface area contributed by atoms with Crippen molar-refractivity contribution in [2.45, 2.75) is 26.2 Å². The van der Waals surface area contributed by atoms with Crippen LogP contribution < -0.4 is 5.32 Å². The van der Waals surface area contributed by atoms with Gasteiger partial charge in [0.15, 0.2) is 0 Å². The fourth-order valence-electron chi connectivity index (χ4n) is 1.95. The van der Waals surface area contributed by atoms with Crippen molar-refractivity contribution < 1.29 is 4.79 Å². The van der Waals surface area contributed by atoms with Gasteiger partial charge in [0.1, 0.15) is 0 Å². The number of rotatable bonds is 5. The highest BCUT2D eigenvalue weighted by molar-refractivity contribution is 6.18. The van der Waals surface area contributed by atoms with E-state index >= 15 is 0 Å². The zero-order valence-electron chi connectivity index (χ0n) is 10.1. The van der Waals surface area contributed by atoms with Crippen molar-refractivity contribution in [1.29, 1.82) is 0 Å². The molecule has 17 heavy (non-hydrogen) atoms. The first-order valence-corrected chi connectivity index (χ1v) is 6.66. The van der Waals surface area contributed by atoms with E-state index in [0.29, 0.717) is 12.4 Å². The number of carbonyl (C=O) groups is 1. The molecule has 0 saturated heterocycles. The maximum Gasteiger partial charge on any atom is 0.251 e. The van der Waals surface area contributed by atoms with Crippen molar-refractivity contribution in [2.75, 3.05) is 12.4 Å². The van der Waals surface area contributed by atoms with Gasteiger partial charge in [-0.25, -0.2) is 0 Å². The first-order valence-electron chi connectivity index (χ1n) is 6.13. The number of halogens is 1. The van der Waals surface area contributed by atoms with E-state index in [1.165, 1.54) is 0 Å². The SMILES string of the molecule is CCc1ccccc1C(=O)NCC1(CCl)CC1. The fraction of sp³-hybridized carbons (Fsp3) is 0.500. The molecule has 1 aromatic carbocycles. The summed E-state index contributed by atoms with van der Waals surface area (Å²) in [5.74, 6) is 0.668. The number of hydrogen-bond acceptors (Lipinski definition) is 1. The molecule has 0 aromatic heterocycles. The van der Waals surface area contributed by atoms with E-state index in [0.717, 1.165) is 30.4 Å². The highest BCUT2D eigenvalue weighted by Crippen LogP contribution is 2.45. The Bertz CT molecular complexity index is 412. The molecule has 1 aliphatic rings. The number of alkyl halides is 1. The molecule has 0 atom stereocenters. The van der Waals surface area contributed by atoms with E-state index in [1.54, 1.807) is 0 Å². The summed E-state index contributed by atoms with van der Waals surface area (Å²) in [7, 11) is 0. The molecule has 1 aliphatic carbocycles. The van der Waals surface area contributed by atoms with Crippen LogP contribution in [-0.2, 0) is 6.42 Å². The van der Waals surface area contributed by atoms with Crippen LogP contribution in [0.2, 0.25) is 0 Å². The zero-order chi connectivity index (χ0) is 12.3. The number of carbonyl (C=O) groups excluding carboxylic acids is 1. The van der Waals surface area contributed by atoms with Crippen molar-refractivity contribution in [1.82, 2.24) is 5.32 Å². The van der Waals surface area contributed by atoms with Crippen molar-refractivity contribution in [3.8, 4) is 0 Å². The van der Waals surface area contributed by atoms with Crippen LogP contribution in [0.4, 0.5) is 0 Å². The van der Waals surface area contributed by atoms with E-state index in [9.17, 15) is 4.79 Å².